The number of hydrogen-bond donors (Lipinski definition) is 3. The van der Waals surface area contributed by atoms with Crippen molar-refractivity contribution in [2.24, 2.45) is 5.92 Å². The summed E-state index contributed by atoms with van der Waals surface area (Å²) in [5.74, 6) is 0.227. The molecule has 2 aromatic carbocycles. The molecule has 1 heterocycles. The van der Waals surface area contributed by atoms with Crippen LogP contribution in [0.3, 0.4) is 0 Å². The molecule has 3 rings (SSSR count). The minimum Gasteiger partial charge on any atom is -0.481 e. The molecule has 5 heteroatoms. The number of carboxylic acid groups (broad SMARTS) is 1. The average Bonchev–Trinajstić information content (AvgIpc) is 2.99. The fourth-order valence-electron chi connectivity index (χ4n) is 2.41. The third-order valence-corrected chi connectivity index (χ3v) is 3.52. The molecule has 3 N–H and O–H groups in total. The van der Waals surface area contributed by atoms with Crippen molar-refractivity contribution in [2.75, 3.05) is 6.54 Å². The Labute approximate surface area is 122 Å². The van der Waals surface area contributed by atoms with E-state index in [4.69, 9.17) is 4.74 Å². The number of nitrogens with one attached hydrogen (secondary N) is 2. The summed E-state index contributed by atoms with van der Waals surface area (Å²) >= 11 is 0. The summed E-state index contributed by atoms with van der Waals surface area (Å²) in [4.78, 5) is 11.2. The van der Waals surface area contributed by atoms with Crippen LogP contribution in [0.5, 0.6) is 11.5 Å². The summed E-state index contributed by atoms with van der Waals surface area (Å²) in [5, 5.41) is 9.19. The van der Waals surface area contributed by atoms with E-state index in [0.717, 1.165) is 17.1 Å². The van der Waals surface area contributed by atoms with Crippen molar-refractivity contribution in [3.8, 4) is 11.5 Å². The Bertz CT molecular complexity index is 613. The monoisotopic (exact) mass is 284 g/mol. The van der Waals surface area contributed by atoms with Crippen LogP contribution in [-0.4, -0.2) is 17.6 Å². The summed E-state index contributed by atoms with van der Waals surface area (Å²) < 4.78 is 5.72. The second-order valence-electron chi connectivity index (χ2n) is 4.93. The van der Waals surface area contributed by atoms with Crippen molar-refractivity contribution in [3.05, 3.63) is 60.2 Å². The van der Waals surface area contributed by atoms with Crippen LogP contribution in [-0.2, 0) is 4.79 Å². The molecule has 5 nitrogen and oxygen atoms in total. The Hall–Kier alpha value is -2.37. The van der Waals surface area contributed by atoms with Crippen molar-refractivity contribution in [1.29, 1.82) is 0 Å². The zero-order chi connectivity index (χ0) is 14.7. The largest absolute Gasteiger partial charge is 0.481 e. The minimum atomic E-state index is -0.804. The smallest absolute Gasteiger partial charge is 0.309 e. The van der Waals surface area contributed by atoms with Crippen LogP contribution < -0.4 is 15.6 Å². The summed E-state index contributed by atoms with van der Waals surface area (Å²) in [6.07, 6.45) is 0. The molecule has 1 aliphatic heterocycles. The highest BCUT2D eigenvalue weighted by Gasteiger charge is 2.33. The van der Waals surface area contributed by atoms with Crippen molar-refractivity contribution in [3.63, 3.8) is 0 Å². The molecular formula is C16H16N2O3. The van der Waals surface area contributed by atoms with Crippen LogP contribution in [0.1, 0.15) is 11.6 Å². The van der Waals surface area contributed by atoms with Gasteiger partial charge in [0, 0.05) is 6.54 Å². The van der Waals surface area contributed by atoms with Gasteiger partial charge in [0.1, 0.15) is 11.5 Å². The molecule has 108 valence electrons. The fourth-order valence-corrected chi connectivity index (χ4v) is 2.41. The lowest BCUT2D eigenvalue weighted by molar-refractivity contribution is -0.141. The molecule has 1 aliphatic rings. The normalized spacial score (nSPS) is 21.1. The minimum absolute atomic E-state index is 0.228. The number of hydrogen-bond acceptors (Lipinski definition) is 4. The molecule has 0 radical (unpaired) electrons. The average molecular weight is 284 g/mol. The van der Waals surface area contributed by atoms with Crippen molar-refractivity contribution < 1.29 is 14.6 Å². The highest BCUT2D eigenvalue weighted by atomic mass is 16.5. The van der Waals surface area contributed by atoms with Gasteiger partial charge in [0.25, 0.3) is 0 Å². The highest BCUT2D eigenvalue weighted by molar-refractivity contribution is 5.72. The zero-order valence-corrected chi connectivity index (χ0v) is 11.3. The first-order valence-corrected chi connectivity index (χ1v) is 6.78. The van der Waals surface area contributed by atoms with Crippen LogP contribution in [0.25, 0.3) is 0 Å². The van der Waals surface area contributed by atoms with E-state index >= 15 is 0 Å². The van der Waals surface area contributed by atoms with Gasteiger partial charge in [-0.2, -0.15) is 0 Å². The summed E-state index contributed by atoms with van der Waals surface area (Å²) in [7, 11) is 0. The number of hydrazine groups is 1. The Morgan fingerprint density at radius 1 is 1.05 bits per heavy atom. The molecule has 2 atom stereocenters. The molecule has 0 aliphatic carbocycles. The second kappa shape index (κ2) is 5.95. The summed E-state index contributed by atoms with van der Waals surface area (Å²) in [6.45, 7) is 0.419. The number of carbonyl (C=O) groups is 1. The van der Waals surface area contributed by atoms with Gasteiger partial charge in [-0.3, -0.25) is 10.2 Å². The molecule has 2 unspecified atom stereocenters. The van der Waals surface area contributed by atoms with E-state index in [2.05, 4.69) is 10.9 Å². The molecule has 1 fully saturated rings. The first kappa shape index (κ1) is 13.6. The van der Waals surface area contributed by atoms with E-state index in [9.17, 15) is 9.90 Å². The van der Waals surface area contributed by atoms with E-state index in [-0.39, 0.29) is 6.04 Å². The lowest BCUT2D eigenvalue weighted by Crippen LogP contribution is -2.26. The standard InChI is InChI=1S/C16H16N2O3/c19-16(20)14-10-17-18-15(14)11-6-8-13(9-7-11)21-12-4-2-1-3-5-12/h1-9,14-15,17-18H,10H2,(H,19,20). The van der Waals surface area contributed by atoms with Crippen molar-refractivity contribution >= 4 is 5.97 Å². The molecule has 0 amide bonds. The summed E-state index contributed by atoms with van der Waals surface area (Å²) in [5.41, 5.74) is 6.82. The second-order valence-corrected chi connectivity index (χ2v) is 4.93. The first-order chi connectivity index (χ1) is 10.2. The number of benzene rings is 2. The van der Waals surface area contributed by atoms with Crippen LogP contribution in [0.2, 0.25) is 0 Å². The van der Waals surface area contributed by atoms with Gasteiger partial charge in [-0.15, -0.1) is 0 Å². The Kier molecular flexibility index (Phi) is 3.85. The molecule has 1 saturated heterocycles. The van der Waals surface area contributed by atoms with Gasteiger partial charge in [0.05, 0.1) is 12.0 Å². The van der Waals surface area contributed by atoms with E-state index in [1.54, 1.807) is 0 Å². The van der Waals surface area contributed by atoms with Crippen molar-refractivity contribution in [2.45, 2.75) is 6.04 Å². The SMILES string of the molecule is O=C(O)C1CNNC1c1ccc(Oc2ccccc2)cc1. The van der Waals surface area contributed by atoms with Crippen LogP contribution in [0.15, 0.2) is 54.6 Å². The number of carboxylic acids is 1. The third-order valence-electron chi connectivity index (χ3n) is 3.52. The Morgan fingerprint density at radius 2 is 1.71 bits per heavy atom. The molecule has 0 spiro atoms. The lowest BCUT2D eigenvalue weighted by Gasteiger charge is -2.15. The fraction of sp³-hybridized carbons (Fsp3) is 0.188. The first-order valence-electron chi connectivity index (χ1n) is 6.78. The van der Waals surface area contributed by atoms with Gasteiger partial charge >= 0.3 is 5.97 Å². The number of para-hydroxylation sites is 1. The molecule has 21 heavy (non-hydrogen) atoms. The number of rotatable bonds is 4. The molecule has 0 bridgehead atoms. The Balaban J connectivity index is 1.73. The number of ether oxygens (including phenoxy) is 1. The van der Waals surface area contributed by atoms with E-state index in [0.29, 0.717) is 6.54 Å². The summed E-state index contributed by atoms with van der Waals surface area (Å²) in [6, 6.07) is 16.8. The van der Waals surface area contributed by atoms with E-state index in [1.807, 2.05) is 54.6 Å². The molecule has 0 saturated carbocycles. The Morgan fingerprint density at radius 3 is 2.38 bits per heavy atom. The predicted molar refractivity (Wildman–Crippen MR) is 78.0 cm³/mol. The molecule has 2 aromatic rings. The van der Waals surface area contributed by atoms with Crippen LogP contribution >= 0.6 is 0 Å². The van der Waals surface area contributed by atoms with Gasteiger partial charge in [-0.05, 0) is 29.8 Å². The third kappa shape index (κ3) is 3.04. The maximum Gasteiger partial charge on any atom is 0.309 e. The quantitative estimate of drug-likeness (QED) is 0.804. The van der Waals surface area contributed by atoms with Gasteiger partial charge in [-0.25, -0.2) is 5.43 Å². The van der Waals surface area contributed by atoms with E-state index in [1.165, 1.54) is 0 Å². The highest BCUT2D eigenvalue weighted by Crippen LogP contribution is 2.28. The molecule has 0 aromatic heterocycles. The van der Waals surface area contributed by atoms with Crippen LogP contribution in [0.4, 0.5) is 0 Å². The predicted octanol–water partition coefficient (Wildman–Crippen LogP) is 2.33. The van der Waals surface area contributed by atoms with Gasteiger partial charge < -0.3 is 9.84 Å². The number of aliphatic carboxylic acids is 1. The van der Waals surface area contributed by atoms with Crippen molar-refractivity contribution in [1.82, 2.24) is 10.9 Å². The van der Waals surface area contributed by atoms with Crippen LogP contribution in [0, 0.1) is 5.92 Å². The maximum absolute atomic E-state index is 11.2. The molecular weight excluding hydrogens is 268 g/mol. The van der Waals surface area contributed by atoms with Gasteiger partial charge in [-0.1, -0.05) is 30.3 Å². The van der Waals surface area contributed by atoms with Gasteiger partial charge in [0.2, 0.25) is 0 Å². The topological polar surface area (TPSA) is 70.6 Å². The maximum atomic E-state index is 11.2. The van der Waals surface area contributed by atoms with E-state index < -0.39 is 11.9 Å². The zero-order valence-electron chi connectivity index (χ0n) is 11.3. The van der Waals surface area contributed by atoms with Gasteiger partial charge in [0.15, 0.2) is 0 Å². The lowest BCUT2D eigenvalue weighted by atomic mass is 9.95.